The summed E-state index contributed by atoms with van der Waals surface area (Å²) in [5, 5.41) is 14.5. The molecule has 80 valence electrons. The monoisotopic (exact) mass is 197 g/mol. The molecule has 4 heteroatoms. The molecule has 0 spiro atoms. The van der Waals surface area contributed by atoms with Crippen molar-refractivity contribution in [1.82, 2.24) is 5.32 Å². The van der Waals surface area contributed by atoms with Crippen molar-refractivity contribution < 1.29 is 5.21 Å². The molecule has 0 saturated carbocycles. The van der Waals surface area contributed by atoms with Crippen LogP contribution in [0.3, 0.4) is 0 Å². The van der Waals surface area contributed by atoms with Gasteiger partial charge in [0.1, 0.15) is 5.84 Å². The highest BCUT2D eigenvalue weighted by Crippen LogP contribution is 2.16. The number of rotatable bonds is 5. The maximum atomic E-state index is 8.31. The summed E-state index contributed by atoms with van der Waals surface area (Å²) in [7, 11) is 0. The fourth-order valence-electron chi connectivity index (χ4n) is 1.61. The van der Waals surface area contributed by atoms with Gasteiger partial charge in [0.15, 0.2) is 0 Å². The zero-order valence-corrected chi connectivity index (χ0v) is 8.45. The Hall–Kier alpha value is -1.03. The molecule has 0 radical (unpaired) electrons. The molecular weight excluding hydrogens is 178 g/mol. The van der Waals surface area contributed by atoms with Gasteiger partial charge in [-0.1, -0.05) is 17.3 Å². The summed E-state index contributed by atoms with van der Waals surface area (Å²) in [6.45, 7) is 1.82. The number of nitrogens with two attached hydrogens (primary N) is 1. The predicted molar refractivity (Wildman–Crippen MR) is 57.4 cm³/mol. The van der Waals surface area contributed by atoms with Crippen molar-refractivity contribution in [3.05, 3.63) is 12.2 Å². The molecule has 1 aliphatic carbocycles. The summed E-state index contributed by atoms with van der Waals surface area (Å²) in [5.74, 6) is 1.05. The predicted octanol–water partition coefficient (Wildman–Crippen LogP) is 1.07. The van der Waals surface area contributed by atoms with Crippen LogP contribution in [0.1, 0.15) is 25.7 Å². The molecule has 4 nitrogen and oxygen atoms in total. The van der Waals surface area contributed by atoms with Crippen molar-refractivity contribution in [3.63, 3.8) is 0 Å². The number of oxime groups is 1. The molecule has 0 amide bonds. The highest BCUT2D eigenvalue weighted by atomic mass is 16.4. The minimum Gasteiger partial charge on any atom is -0.409 e. The molecule has 0 fully saturated rings. The van der Waals surface area contributed by atoms with Crippen molar-refractivity contribution in [3.8, 4) is 0 Å². The van der Waals surface area contributed by atoms with E-state index in [1.165, 1.54) is 19.3 Å². The molecule has 1 rings (SSSR count). The van der Waals surface area contributed by atoms with Crippen LogP contribution in [0.2, 0.25) is 0 Å². The Morgan fingerprint density at radius 2 is 2.43 bits per heavy atom. The number of nitrogens with zero attached hydrogens (tertiary/aromatic N) is 1. The van der Waals surface area contributed by atoms with E-state index in [-0.39, 0.29) is 0 Å². The Balaban J connectivity index is 2.01. The molecule has 1 atom stereocenters. The lowest BCUT2D eigenvalue weighted by molar-refractivity contribution is 0.316. The van der Waals surface area contributed by atoms with Crippen molar-refractivity contribution in [1.29, 1.82) is 0 Å². The first-order valence-electron chi connectivity index (χ1n) is 5.15. The average Bonchev–Trinajstić information content (AvgIpc) is 2.25. The topological polar surface area (TPSA) is 70.6 Å². The van der Waals surface area contributed by atoms with E-state index in [4.69, 9.17) is 10.9 Å². The number of hydrogen-bond acceptors (Lipinski definition) is 3. The largest absolute Gasteiger partial charge is 0.409 e. The van der Waals surface area contributed by atoms with Crippen LogP contribution in [0.5, 0.6) is 0 Å². The van der Waals surface area contributed by atoms with Gasteiger partial charge in [0, 0.05) is 13.0 Å². The standard InChI is InChI=1S/C10H19N3O/c11-10(13-14)6-7-12-8-9-4-2-1-3-5-9/h1-2,9,12,14H,3-8H2,(H2,11,13). The third-order valence-electron chi connectivity index (χ3n) is 2.50. The lowest BCUT2D eigenvalue weighted by atomic mass is 9.94. The van der Waals surface area contributed by atoms with E-state index in [0.29, 0.717) is 12.3 Å². The van der Waals surface area contributed by atoms with Crippen molar-refractivity contribution in [2.75, 3.05) is 13.1 Å². The van der Waals surface area contributed by atoms with Crippen LogP contribution in [0.4, 0.5) is 0 Å². The summed E-state index contributed by atoms with van der Waals surface area (Å²) < 4.78 is 0. The van der Waals surface area contributed by atoms with E-state index in [1.54, 1.807) is 0 Å². The summed E-state index contributed by atoms with van der Waals surface area (Å²) in [4.78, 5) is 0. The molecule has 1 aliphatic rings. The number of allylic oxidation sites excluding steroid dienone is 2. The fraction of sp³-hybridized carbons (Fsp3) is 0.700. The first kappa shape index (κ1) is 11.0. The molecule has 0 aliphatic heterocycles. The van der Waals surface area contributed by atoms with E-state index in [1.807, 2.05) is 0 Å². The molecule has 14 heavy (non-hydrogen) atoms. The molecule has 0 bridgehead atoms. The van der Waals surface area contributed by atoms with E-state index in [9.17, 15) is 0 Å². The highest BCUT2D eigenvalue weighted by molar-refractivity contribution is 5.79. The van der Waals surface area contributed by atoms with Gasteiger partial charge in [-0.3, -0.25) is 0 Å². The zero-order valence-electron chi connectivity index (χ0n) is 8.45. The third-order valence-corrected chi connectivity index (χ3v) is 2.50. The summed E-state index contributed by atoms with van der Waals surface area (Å²) in [6, 6.07) is 0. The van der Waals surface area contributed by atoms with Gasteiger partial charge in [0.2, 0.25) is 0 Å². The van der Waals surface area contributed by atoms with E-state index in [2.05, 4.69) is 22.6 Å². The van der Waals surface area contributed by atoms with Crippen LogP contribution in [-0.2, 0) is 0 Å². The SMILES string of the molecule is NC(CCNCC1CC=CCC1)=NO. The van der Waals surface area contributed by atoms with Crippen LogP contribution < -0.4 is 11.1 Å². The number of hydrogen-bond donors (Lipinski definition) is 3. The average molecular weight is 197 g/mol. The molecule has 0 aromatic rings. The van der Waals surface area contributed by atoms with E-state index >= 15 is 0 Å². The lowest BCUT2D eigenvalue weighted by Gasteiger charge is -2.17. The van der Waals surface area contributed by atoms with E-state index in [0.717, 1.165) is 19.0 Å². The van der Waals surface area contributed by atoms with Crippen LogP contribution >= 0.6 is 0 Å². The summed E-state index contributed by atoms with van der Waals surface area (Å²) in [6.07, 6.45) is 8.75. The maximum absolute atomic E-state index is 8.31. The minimum absolute atomic E-state index is 0.293. The number of nitrogens with one attached hydrogen (secondary N) is 1. The molecule has 0 aromatic carbocycles. The highest BCUT2D eigenvalue weighted by Gasteiger charge is 2.08. The van der Waals surface area contributed by atoms with Gasteiger partial charge in [0.25, 0.3) is 0 Å². The first-order chi connectivity index (χ1) is 6.83. The summed E-state index contributed by atoms with van der Waals surface area (Å²) in [5.41, 5.74) is 5.34. The van der Waals surface area contributed by atoms with Crippen LogP contribution in [0, 0.1) is 5.92 Å². The Labute approximate surface area is 84.9 Å². The van der Waals surface area contributed by atoms with Gasteiger partial charge >= 0.3 is 0 Å². The smallest absolute Gasteiger partial charge is 0.140 e. The fourth-order valence-corrected chi connectivity index (χ4v) is 1.61. The molecular formula is C10H19N3O. The van der Waals surface area contributed by atoms with Gasteiger partial charge < -0.3 is 16.3 Å². The second-order valence-electron chi connectivity index (χ2n) is 3.70. The van der Waals surface area contributed by atoms with Gasteiger partial charge in [-0.2, -0.15) is 0 Å². The Bertz CT molecular complexity index is 213. The van der Waals surface area contributed by atoms with Gasteiger partial charge in [-0.15, -0.1) is 0 Å². The molecule has 0 aromatic heterocycles. The third kappa shape index (κ3) is 4.28. The molecule has 0 heterocycles. The van der Waals surface area contributed by atoms with Gasteiger partial charge in [0.05, 0.1) is 0 Å². The van der Waals surface area contributed by atoms with Crippen molar-refractivity contribution in [2.45, 2.75) is 25.7 Å². The number of amidine groups is 1. The molecule has 4 N–H and O–H groups in total. The quantitative estimate of drug-likeness (QED) is 0.154. The molecule has 0 saturated heterocycles. The Morgan fingerprint density at radius 1 is 1.57 bits per heavy atom. The van der Waals surface area contributed by atoms with E-state index < -0.39 is 0 Å². The second kappa shape index (κ2) is 6.43. The Morgan fingerprint density at radius 3 is 3.07 bits per heavy atom. The Kier molecular flexibility index (Phi) is 5.07. The van der Waals surface area contributed by atoms with Crippen LogP contribution in [0.25, 0.3) is 0 Å². The second-order valence-corrected chi connectivity index (χ2v) is 3.70. The minimum atomic E-state index is 0.293. The zero-order chi connectivity index (χ0) is 10.2. The van der Waals surface area contributed by atoms with Crippen LogP contribution in [-0.4, -0.2) is 24.1 Å². The molecule has 1 unspecified atom stereocenters. The van der Waals surface area contributed by atoms with Crippen molar-refractivity contribution in [2.24, 2.45) is 16.8 Å². The first-order valence-corrected chi connectivity index (χ1v) is 5.15. The summed E-state index contributed by atoms with van der Waals surface area (Å²) >= 11 is 0. The van der Waals surface area contributed by atoms with Gasteiger partial charge in [-0.25, -0.2) is 0 Å². The normalized spacial score (nSPS) is 22.6. The van der Waals surface area contributed by atoms with Gasteiger partial charge in [-0.05, 0) is 31.7 Å². The lowest BCUT2D eigenvalue weighted by Crippen LogP contribution is -2.27. The van der Waals surface area contributed by atoms with Crippen molar-refractivity contribution >= 4 is 5.84 Å². The van der Waals surface area contributed by atoms with Crippen LogP contribution in [0.15, 0.2) is 17.3 Å². The maximum Gasteiger partial charge on any atom is 0.140 e.